The second-order valence-corrected chi connectivity index (χ2v) is 6.09. The minimum atomic E-state index is -0.596. The molecule has 0 aromatic heterocycles. The molecule has 1 saturated heterocycles. The Bertz CT molecular complexity index is 569. The van der Waals surface area contributed by atoms with Crippen LogP contribution in [-0.4, -0.2) is 24.4 Å². The molecule has 0 aliphatic carbocycles. The van der Waals surface area contributed by atoms with E-state index in [1.54, 1.807) is 39.0 Å². The summed E-state index contributed by atoms with van der Waals surface area (Å²) in [7, 11) is 0. The fourth-order valence-corrected chi connectivity index (χ4v) is 2.08. The van der Waals surface area contributed by atoms with E-state index in [-0.39, 0.29) is 12.6 Å². The second kappa shape index (κ2) is 5.81. The molecule has 0 radical (unpaired) electrons. The number of amides is 2. The van der Waals surface area contributed by atoms with Crippen LogP contribution in [0.4, 0.5) is 15.3 Å². The van der Waals surface area contributed by atoms with Crippen molar-refractivity contribution in [1.82, 2.24) is 5.32 Å². The molecule has 1 aliphatic rings. The zero-order chi connectivity index (χ0) is 15.6. The van der Waals surface area contributed by atoms with E-state index in [2.05, 4.69) is 10.6 Å². The largest absolute Gasteiger partial charge is 0.447 e. The molecule has 2 amide bonds. The average molecular weight is 313 g/mol. The molecular weight excluding hydrogens is 296 g/mol. The molecule has 6 nitrogen and oxygen atoms in total. The first-order valence-electron chi connectivity index (χ1n) is 6.47. The summed E-state index contributed by atoms with van der Waals surface area (Å²) >= 11 is 5.98. The summed E-state index contributed by atoms with van der Waals surface area (Å²) in [6.45, 7) is 5.52. The number of carbonyl (C=O) groups is 2. The zero-order valence-corrected chi connectivity index (χ0v) is 12.8. The molecule has 114 valence electrons. The predicted molar refractivity (Wildman–Crippen MR) is 78.5 cm³/mol. The zero-order valence-electron chi connectivity index (χ0n) is 12.0. The van der Waals surface area contributed by atoms with Gasteiger partial charge in [-0.2, -0.15) is 0 Å². The highest BCUT2D eigenvalue weighted by Gasteiger charge is 2.27. The van der Waals surface area contributed by atoms with Crippen LogP contribution in [0.2, 0.25) is 5.02 Å². The first kappa shape index (κ1) is 15.4. The van der Waals surface area contributed by atoms with Gasteiger partial charge in [0, 0.05) is 16.3 Å². The second-order valence-electron chi connectivity index (χ2n) is 5.65. The molecule has 7 heteroatoms. The van der Waals surface area contributed by atoms with E-state index in [1.807, 2.05) is 0 Å². The van der Waals surface area contributed by atoms with Gasteiger partial charge in [0.05, 0.1) is 6.04 Å². The normalized spacial score (nSPS) is 17.9. The monoisotopic (exact) mass is 312 g/mol. The van der Waals surface area contributed by atoms with Crippen LogP contribution in [0.3, 0.4) is 0 Å². The van der Waals surface area contributed by atoms with Crippen LogP contribution in [0.1, 0.15) is 32.4 Å². The van der Waals surface area contributed by atoms with Gasteiger partial charge in [-0.3, -0.25) is 5.32 Å². The lowest BCUT2D eigenvalue weighted by molar-refractivity contribution is 0.0635. The summed E-state index contributed by atoms with van der Waals surface area (Å²) in [5, 5.41) is 5.81. The SMILES string of the molecule is CC(C)(C)OC(=O)Nc1ccc(Cl)cc1C1COC(=O)N1. The number of cyclic esters (lactones) is 1. The van der Waals surface area contributed by atoms with Gasteiger partial charge in [0.1, 0.15) is 12.2 Å². The fraction of sp³-hybridized carbons (Fsp3) is 0.429. The third-order valence-electron chi connectivity index (χ3n) is 2.70. The molecule has 1 heterocycles. The van der Waals surface area contributed by atoms with Crippen LogP contribution >= 0.6 is 11.6 Å². The molecule has 0 bridgehead atoms. The summed E-state index contributed by atoms with van der Waals surface area (Å²) in [5.74, 6) is 0. The number of alkyl carbamates (subject to hydrolysis) is 1. The highest BCUT2D eigenvalue weighted by Crippen LogP contribution is 2.29. The molecule has 1 atom stereocenters. The van der Waals surface area contributed by atoms with Gasteiger partial charge < -0.3 is 14.8 Å². The summed E-state index contributed by atoms with van der Waals surface area (Å²) < 4.78 is 10.1. The topological polar surface area (TPSA) is 76.7 Å². The number of ether oxygens (including phenoxy) is 2. The Morgan fingerprint density at radius 1 is 1.48 bits per heavy atom. The van der Waals surface area contributed by atoms with E-state index in [0.29, 0.717) is 16.3 Å². The lowest BCUT2D eigenvalue weighted by atomic mass is 10.1. The molecule has 2 N–H and O–H groups in total. The maximum atomic E-state index is 11.9. The number of hydrogen-bond donors (Lipinski definition) is 2. The van der Waals surface area contributed by atoms with Crippen LogP contribution in [0, 0.1) is 0 Å². The summed E-state index contributed by atoms with van der Waals surface area (Å²) in [5.41, 5.74) is 0.588. The van der Waals surface area contributed by atoms with Crippen LogP contribution in [0.25, 0.3) is 0 Å². The predicted octanol–water partition coefficient (Wildman–Crippen LogP) is 3.47. The van der Waals surface area contributed by atoms with Gasteiger partial charge in [-0.25, -0.2) is 9.59 Å². The number of rotatable bonds is 2. The molecular formula is C14H17ClN2O4. The average Bonchev–Trinajstić information content (AvgIpc) is 2.75. The van der Waals surface area contributed by atoms with Crippen molar-refractivity contribution < 1.29 is 19.1 Å². The Balaban J connectivity index is 2.19. The highest BCUT2D eigenvalue weighted by atomic mass is 35.5. The van der Waals surface area contributed by atoms with Crippen molar-refractivity contribution >= 4 is 29.5 Å². The summed E-state index contributed by atoms with van der Waals surface area (Å²) in [6, 6.07) is 4.62. The van der Waals surface area contributed by atoms with Crippen molar-refractivity contribution in [3.8, 4) is 0 Å². The van der Waals surface area contributed by atoms with Crippen molar-refractivity contribution in [2.45, 2.75) is 32.4 Å². The number of anilines is 1. The van der Waals surface area contributed by atoms with E-state index in [0.717, 1.165) is 0 Å². The van der Waals surface area contributed by atoms with Gasteiger partial charge in [-0.15, -0.1) is 0 Å². The van der Waals surface area contributed by atoms with Crippen molar-refractivity contribution in [2.24, 2.45) is 0 Å². The quantitative estimate of drug-likeness (QED) is 0.876. The number of nitrogens with one attached hydrogen (secondary N) is 2. The lowest BCUT2D eigenvalue weighted by Gasteiger charge is -2.21. The van der Waals surface area contributed by atoms with Gasteiger partial charge in [0.15, 0.2) is 0 Å². The Kier molecular flexibility index (Phi) is 4.27. The smallest absolute Gasteiger partial charge is 0.412 e. The van der Waals surface area contributed by atoms with E-state index in [9.17, 15) is 9.59 Å². The molecule has 1 aliphatic heterocycles. The van der Waals surface area contributed by atoms with E-state index in [4.69, 9.17) is 21.1 Å². The van der Waals surface area contributed by atoms with Gasteiger partial charge in [0.25, 0.3) is 0 Å². The summed E-state index contributed by atoms with van der Waals surface area (Å²) in [4.78, 5) is 23.0. The molecule has 1 unspecified atom stereocenters. The maximum absolute atomic E-state index is 11.9. The van der Waals surface area contributed by atoms with Crippen LogP contribution in [-0.2, 0) is 9.47 Å². The Hall–Kier alpha value is -1.95. The lowest BCUT2D eigenvalue weighted by Crippen LogP contribution is -2.28. The van der Waals surface area contributed by atoms with Crippen LogP contribution in [0.15, 0.2) is 18.2 Å². The van der Waals surface area contributed by atoms with Crippen molar-refractivity contribution in [1.29, 1.82) is 0 Å². The number of halogens is 1. The number of carbonyl (C=O) groups excluding carboxylic acids is 2. The number of hydrogen-bond acceptors (Lipinski definition) is 4. The Morgan fingerprint density at radius 3 is 2.76 bits per heavy atom. The molecule has 1 aromatic carbocycles. The van der Waals surface area contributed by atoms with Gasteiger partial charge >= 0.3 is 12.2 Å². The van der Waals surface area contributed by atoms with Gasteiger partial charge in [-0.05, 0) is 39.0 Å². The molecule has 2 rings (SSSR count). The Labute approximate surface area is 127 Å². The first-order valence-corrected chi connectivity index (χ1v) is 6.85. The van der Waals surface area contributed by atoms with Crippen molar-refractivity contribution in [3.63, 3.8) is 0 Å². The van der Waals surface area contributed by atoms with Gasteiger partial charge in [-0.1, -0.05) is 11.6 Å². The fourth-order valence-electron chi connectivity index (χ4n) is 1.90. The first-order chi connectivity index (χ1) is 9.74. The number of benzene rings is 1. The summed E-state index contributed by atoms with van der Waals surface area (Å²) in [6.07, 6.45) is -1.07. The molecule has 1 aromatic rings. The third kappa shape index (κ3) is 4.26. The van der Waals surface area contributed by atoms with E-state index < -0.39 is 17.8 Å². The van der Waals surface area contributed by atoms with Crippen LogP contribution < -0.4 is 10.6 Å². The van der Waals surface area contributed by atoms with Gasteiger partial charge in [0.2, 0.25) is 0 Å². The van der Waals surface area contributed by atoms with Crippen molar-refractivity contribution in [2.75, 3.05) is 11.9 Å². The minimum absolute atomic E-state index is 0.183. The maximum Gasteiger partial charge on any atom is 0.412 e. The van der Waals surface area contributed by atoms with Crippen LogP contribution in [0.5, 0.6) is 0 Å². The third-order valence-corrected chi connectivity index (χ3v) is 2.93. The Morgan fingerprint density at radius 2 is 2.19 bits per heavy atom. The standard InChI is InChI=1S/C14H17ClN2O4/c1-14(2,3)21-13(19)16-10-5-4-8(15)6-9(10)11-7-20-12(18)17-11/h4-6,11H,7H2,1-3H3,(H,16,19)(H,17,18). The molecule has 0 saturated carbocycles. The minimum Gasteiger partial charge on any atom is -0.447 e. The van der Waals surface area contributed by atoms with Crippen molar-refractivity contribution in [3.05, 3.63) is 28.8 Å². The van der Waals surface area contributed by atoms with E-state index in [1.165, 1.54) is 0 Å². The molecule has 1 fully saturated rings. The van der Waals surface area contributed by atoms with E-state index >= 15 is 0 Å². The highest BCUT2D eigenvalue weighted by molar-refractivity contribution is 6.30. The molecule has 0 spiro atoms. The molecule has 21 heavy (non-hydrogen) atoms.